The molecule has 0 aliphatic carbocycles. The van der Waals surface area contributed by atoms with E-state index >= 15 is 0 Å². The summed E-state index contributed by atoms with van der Waals surface area (Å²) in [7, 11) is 0. The quantitative estimate of drug-likeness (QED) is 0.294. The van der Waals surface area contributed by atoms with Crippen LogP contribution >= 0.6 is 11.3 Å². The summed E-state index contributed by atoms with van der Waals surface area (Å²) in [6.45, 7) is 2.83. The summed E-state index contributed by atoms with van der Waals surface area (Å²) in [4.78, 5) is 15.8. The molecule has 164 valence electrons. The maximum absolute atomic E-state index is 14.7. The molecule has 0 amide bonds. The van der Waals surface area contributed by atoms with Crippen molar-refractivity contribution >= 4 is 38.2 Å². The van der Waals surface area contributed by atoms with Crippen molar-refractivity contribution in [3.05, 3.63) is 72.0 Å². The molecule has 8 heteroatoms. The van der Waals surface area contributed by atoms with Gasteiger partial charge in [-0.15, -0.1) is 0 Å². The molecule has 0 aliphatic rings. The molecule has 4 aromatic rings. The number of Topliss-reactive ketones (excluding diaryl/α,β-unsaturated/α-hetero) is 1. The number of ether oxygens (including phenoxy) is 1. The Labute approximate surface area is 186 Å². The second-order valence-electron chi connectivity index (χ2n) is 7.19. The number of carbonyl (C=O) groups excluding carboxylic acids is 1. The number of alkyl halides is 2. The fourth-order valence-corrected chi connectivity index (χ4v) is 3.98. The first-order valence-corrected chi connectivity index (χ1v) is 10.7. The Bertz CT molecular complexity index is 1290. The molecule has 0 spiro atoms. The Morgan fingerprint density at radius 1 is 1.06 bits per heavy atom. The summed E-state index contributed by atoms with van der Waals surface area (Å²) in [5.41, 5.74) is 2.88. The number of fused-ring (bicyclic) bond motifs is 1. The number of aromatic nitrogens is 1. The summed E-state index contributed by atoms with van der Waals surface area (Å²) in [6, 6.07) is 16.2. The number of thiazole rings is 1. The van der Waals surface area contributed by atoms with Gasteiger partial charge in [0.05, 0.1) is 15.9 Å². The fourth-order valence-electron chi connectivity index (χ4n) is 3.08. The highest BCUT2D eigenvalue weighted by atomic mass is 32.1. The number of hydrogen-bond acceptors (Lipinski definition) is 5. The molecule has 1 N–H and O–H groups in total. The van der Waals surface area contributed by atoms with Crippen molar-refractivity contribution in [3.8, 4) is 16.9 Å². The Morgan fingerprint density at radius 2 is 1.78 bits per heavy atom. The first-order chi connectivity index (χ1) is 15.2. The molecule has 3 aromatic carbocycles. The van der Waals surface area contributed by atoms with Crippen molar-refractivity contribution in [2.75, 3.05) is 5.32 Å². The van der Waals surface area contributed by atoms with E-state index in [4.69, 9.17) is 4.74 Å². The highest BCUT2D eigenvalue weighted by Gasteiger charge is 2.28. The van der Waals surface area contributed by atoms with Gasteiger partial charge in [0.1, 0.15) is 11.6 Å². The molecular weight excluding hydrogens is 437 g/mol. The van der Waals surface area contributed by atoms with Gasteiger partial charge in [-0.25, -0.2) is 9.37 Å². The smallest absolute Gasteiger partial charge is 0.397 e. The summed E-state index contributed by atoms with van der Waals surface area (Å²) >= 11 is 1.21. The lowest BCUT2D eigenvalue weighted by Gasteiger charge is -2.15. The fraction of sp³-hybridized carbons (Fsp3) is 0.167. The number of ketones is 1. The maximum atomic E-state index is 14.7. The number of nitrogens with one attached hydrogen (secondary N) is 1. The highest BCUT2D eigenvalue weighted by Crippen LogP contribution is 2.34. The molecule has 0 aliphatic heterocycles. The van der Waals surface area contributed by atoms with Gasteiger partial charge in [0.15, 0.2) is 10.9 Å². The molecule has 0 fully saturated rings. The zero-order valence-corrected chi connectivity index (χ0v) is 18.1. The molecule has 4 rings (SSSR count). The maximum Gasteiger partial charge on any atom is 0.397 e. The van der Waals surface area contributed by atoms with E-state index in [0.717, 1.165) is 5.56 Å². The van der Waals surface area contributed by atoms with Crippen LogP contribution in [0.4, 0.5) is 24.0 Å². The van der Waals surface area contributed by atoms with E-state index < -0.39 is 18.3 Å². The van der Waals surface area contributed by atoms with Crippen LogP contribution < -0.4 is 10.1 Å². The van der Waals surface area contributed by atoms with Crippen LogP contribution in [0.25, 0.3) is 21.3 Å². The SMILES string of the molecule is CCC(F)(F)Oc1ccc2nc(Nc3ccc(-c4ccc(C(C)=O)cc4)cc3F)sc2c1. The Kier molecular flexibility index (Phi) is 5.88. The lowest BCUT2D eigenvalue weighted by molar-refractivity contribution is -0.177. The molecule has 1 aromatic heterocycles. The van der Waals surface area contributed by atoms with Gasteiger partial charge in [-0.05, 0) is 48.4 Å². The monoisotopic (exact) mass is 456 g/mol. The first kappa shape index (κ1) is 21.8. The Hall–Kier alpha value is -3.39. The summed E-state index contributed by atoms with van der Waals surface area (Å²) in [5, 5.41) is 3.37. The molecule has 1 heterocycles. The third kappa shape index (κ3) is 4.75. The van der Waals surface area contributed by atoms with Crippen molar-refractivity contribution in [1.29, 1.82) is 0 Å². The van der Waals surface area contributed by atoms with Crippen LogP contribution in [0.2, 0.25) is 0 Å². The topological polar surface area (TPSA) is 51.2 Å². The Balaban J connectivity index is 1.54. The van der Waals surface area contributed by atoms with Crippen molar-refractivity contribution in [1.82, 2.24) is 4.98 Å². The van der Waals surface area contributed by atoms with Crippen LogP contribution in [-0.2, 0) is 0 Å². The normalized spacial score (nSPS) is 11.5. The van der Waals surface area contributed by atoms with E-state index in [1.165, 1.54) is 43.4 Å². The minimum absolute atomic E-state index is 0.0316. The first-order valence-electron chi connectivity index (χ1n) is 9.89. The van der Waals surface area contributed by atoms with Gasteiger partial charge in [0, 0.05) is 12.0 Å². The van der Waals surface area contributed by atoms with Gasteiger partial charge < -0.3 is 10.1 Å². The number of benzene rings is 3. The zero-order valence-electron chi connectivity index (χ0n) is 17.3. The van der Waals surface area contributed by atoms with Crippen LogP contribution in [-0.4, -0.2) is 16.9 Å². The molecule has 0 saturated heterocycles. The van der Waals surface area contributed by atoms with E-state index in [0.29, 0.717) is 26.5 Å². The van der Waals surface area contributed by atoms with Gasteiger partial charge in [-0.1, -0.05) is 48.6 Å². The van der Waals surface area contributed by atoms with Crippen molar-refractivity contribution in [2.45, 2.75) is 26.4 Å². The molecular formula is C24H19F3N2O2S. The second kappa shape index (κ2) is 8.63. The van der Waals surface area contributed by atoms with E-state index in [2.05, 4.69) is 10.3 Å². The molecule has 4 nitrogen and oxygen atoms in total. The number of hydrogen-bond donors (Lipinski definition) is 1. The van der Waals surface area contributed by atoms with Gasteiger partial charge in [0.25, 0.3) is 0 Å². The van der Waals surface area contributed by atoms with Crippen molar-refractivity contribution in [3.63, 3.8) is 0 Å². The van der Waals surface area contributed by atoms with E-state index in [1.807, 2.05) is 0 Å². The molecule has 32 heavy (non-hydrogen) atoms. The number of halogens is 3. The second-order valence-corrected chi connectivity index (χ2v) is 8.23. The minimum Gasteiger partial charge on any atom is -0.433 e. The van der Waals surface area contributed by atoms with E-state index in [-0.39, 0.29) is 17.2 Å². The van der Waals surface area contributed by atoms with Gasteiger partial charge in [0.2, 0.25) is 0 Å². The third-order valence-corrected chi connectivity index (χ3v) is 5.81. The zero-order chi connectivity index (χ0) is 22.9. The average molecular weight is 456 g/mol. The lowest BCUT2D eigenvalue weighted by Crippen LogP contribution is -2.22. The predicted molar refractivity (Wildman–Crippen MR) is 121 cm³/mol. The molecule has 0 saturated carbocycles. The number of nitrogens with zero attached hydrogens (tertiary/aromatic N) is 1. The predicted octanol–water partition coefficient (Wildman–Crippen LogP) is 7.43. The van der Waals surface area contributed by atoms with Crippen molar-refractivity contribution in [2.24, 2.45) is 0 Å². The minimum atomic E-state index is -3.24. The highest BCUT2D eigenvalue weighted by molar-refractivity contribution is 7.22. The summed E-state index contributed by atoms with van der Waals surface area (Å²) in [6.07, 6.45) is -3.67. The largest absolute Gasteiger partial charge is 0.433 e. The van der Waals surface area contributed by atoms with E-state index in [1.54, 1.807) is 42.5 Å². The average Bonchev–Trinajstić information content (AvgIpc) is 3.16. The molecule has 0 unspecified atom stereocenters. The van der Waals surface area contributed by atoms with Crippen LogP contribution in [0, 0.1) is 5.82 Å². The number of anilines is 2. The van der Waals surface area contributed by atoms with Crippen LogP contribution in [0.3, 0.4) is 0 Å². The molecule has 0 atom stereocenters. The number of rotatable bonds is 7. The third-order valence-electron chi connectivity index (χ3n) is 4.87. The molecule has 0 bridgehead atoms. The number of carbonyl (C=O) groups is 1. The molecule has 0 radical (unpaired) electrons. The standard InChI is InChI=1S/C24H19F3N2O2S/c1-3-24(26,27)31-18-9-11-21-22(13-18)32-23(29-21)28-20-10-8-17(12-19(20)25)16-6-4-15(5-7-16)14(2)30/h4-13H,3H2,1-2H3,(H,28,29). The van der Waals surface area contributed by atoms with Crippen LogP contribution in [0.5, 0.6) is 5.75 Å². The van der Waals surface area contributed by atoms with Crippen LogP contribution in [0.15, 0.2) is 60.7 Å². The van der Waals surface area contributed by atoms with Crippen LogP contribution in [0.1, 0.15) is 30.6 Å². The van der Waals surface area contributed by atoms with Gasteiger partial charge >= 0.3 is 6.11 Å². The van der Waals surface area contributed by atoms with E-state index in [9.17, 15) is 18.0 Å². The Morgan fingerprint density at radius 3 is 2.44 bits per heavy atom. The van der Waals surface area contributed by atoms with Crippen molar-refractivity contribution < 1.29 is 22.7 Å². The van der Waals surface area contributed by atoms with Gasteiger partial charge in [-0.2, -0.15) is 8.78 Å². The summed E-state index contributed by atoms with van der Waals surface area (Å²) in [5.74, 6) is -0.453. The van der Waals surface area contributed by atoms with Gasteiger partial charge in [-0.3, -0.25) is 4.79 Å². The summed E-state index contributed by atoms with van der Waals surface area (Å²) < 4.78 is 47.1. The lowest BCUT2D eigenvalue weighted by atomic mass is 10.0.